The van der Waals surface area contributed by atoms with Gasteiger partial charge in [-0.1, -0.05) is 27.2 Å². The molecule has 3 rings (SSSR count). The highest BCUT2D eigenvalue weighted by Gasteiger charge is 2.21. The maximum Gasteiger partial charge on any atom is 0.181 e. The van der Waals surface area contributed by atoms with Crippen molar-refractivity contribution in [3.8, 4) is 22.6 Å². The predicted molar refractivity (Wildman–Crippen MR) is 77.2 cm³/mol. The third kappa shape index (κ3) is 2.18. The molecule has 0 atom stereocenters. The second-order valence-corrected chi connectivity index (χ2v) is 5.03. The fourth-order valence-electron chi connectivity index (χ4n) is 1.92. The van der Waals surface area contributed by atoms with Gasteiger partial charge in [-0.3, -0.25) is 4.98 Å². The van der Waals surface area contributed by atoms with E-state index in [0.717, 1.165) is 4.47 Å². The summed E-state index contributed by atoms with van der Waals surface area (Å²) in [6.45, 7) is 0. The number of hydrogen-bond acceptors (Lipinski definition) is 4. The molecule has 4 nitrogen and oxygen atoms in total. The fourth-order valence-corrected chi connectivity index (χ4v) is 2.28. The van der Waals surface area contributed by atoms with Gasteiger partial charge < -0.3 is 10.3 Å². The minimum Gasteiger partial charge on any atom is -0.380 e. The number of benzene rings is 1. The van der Waals surface area contributed by atoms with Gasteiger partial charge in [0.05, 0.1) is 16.8 Å². The van der Waals surface area contributed by atoms with Crippen LogP contribution in [-0.4, -0.2) is 10.1 Å². The van der Waals surface area contributed by atoms with Crippen molar-refractivity contribution in [1.82, 2.24) is 10.1 Å². The Bertz CT molecular complexity index is 758. The van der Waals surface area contributed by atoms with Crippen LogP contribution in [0.4, 0.5) is 10.2 Å². The number of nitrogens with zero attached hydrogens (tertiary/aromatic N) is 2. The second kappa shape index (κ2) is 5.05. The lowest BCUT2D eigenvalue weighted by Gasteiger charge is -2.03. The summed E-state index contributed by atoms with van der Waals surface area (Å²) in [6, 6.07) is 9.94. The molecule has 2 heterocycles. The molecule has 0 saturated carbocycles. The predicted octanol–water partition coefficient (Wildman–Crippen LogP) is 3.89. The maximum absolute atomic E-state index is 14.0. The summed E-state index contributed by atoms with van der Waals surface area (Å²) in [5, 5.41) is 3.72. The first-order valence-electron chi connectivity index (χ1n) is 5.79. The molecule has 6 heteroatoms. The van der Waals surface area contributed by atoms with Crippen LogP contribution in [0.3, 0.4) is 0 Å². The number of aromatic nitrogens is 2. The van der Waals surface area contributed by atoms with Crippen molar-refractivity contribution in [3.05, 3.63) is 52.9 Å². The Kier molecular flexibility index (Phi) is 3.23. The summed E-state index contributed by atoms with van der Waals surface area (Å²) < 4.78 is 19.9. The third-order valence-corrected chi connectivity index (χ3v) is 3.31. The molecule has 0 unspecified atom stereocenters. The fraction of sp³-hybridized carbons (Fsp3) is 0. The second-order valence-electron chi connectivity index (χ2n) is 4.11. The van der Waals surface area contributed by atoms with Crippen molar-refractivity contribution >= 4 is 21.7 Å². The topological polar surface area (TPSA) is 64.9 Å². The van der Waals surface area contributed by atoms with Crippen LogP contribution < -0.4 is 5.73 Å². The molecule has 1 aromatic carbocycles. The van der Waals surface area contributed by atoms with Crippen LogP contribution in [0.15, 0.2) is 51.6 Å². The van der Waals surface area contributed by atoms with E-state index < -0.39 is 5.82 Å². The van der Waals surface area contributed by atoms with Crippen molar-refractivity contribution in [2.75, 3.05) is 5.73 Å². The molecule has 0 radical (unpaired) electrons. The molecule has 2 N–H and O–H groups in total. The summed E-state index contributed by atoms with van der Waals surface area (Å²) in [7, 11) is 0. The molecule has 0 amide bonds. The Balaban J connectivity index is 2.24. The number of anilines is 1. The summed E-state index contributed by atoms with van der Waals surface area (Å²) in [4.78, 5) is 4.21. The number of nitrogens with two attached hydrogens (primary N) is 1. The van der Waals surface area contributed by atoms with Crippen molar-refractivity contribution in [3.63, 3.8) is 0 Å². The zero-order valence-corrected chi connectivity index (χ0v) is 11.8. The normalized spacial score (nSPS) is 10.7. The lowest BCUT2D eigenvalue weighted by molar-refractivity contribution is 0.433. The van der Waals surface area contributed by atoms with Crippen LogP contribution in [0.25, 0.3) is 22.6 Å². The molecule has 100 valence electrons. The Labute approximate surface area is 122 Å². The summed E-state index contributed by atoms with van der Waals surface area (Å²) in [5.41, 5.74) is 7.17. The van der Waals surface area contributed by atoms with Gasteiger partial charge in [0.25, 0.3) is 0 Å². The highest BCUT2D eigenvalue weighted by molar-refractivity contribution is 9.10. The van der Waals surface area contributed by atoms with E-state index >= 15 is 0 Å². The van der Waals surface area contributed by atoms with E-state index in [-0.39, 0.29) is 17.1 Å². The molecule has 0 fully saturated rings. The summed E-state index contributed by atoms with van der Waals surface area (Å²) in [5.74, 6) is 0.0274. The van der Waals surface area contributed by atoms with E-state index in [1.54, 1.807) is 30.5 Å². The molecule has 0 aliphatic carbocycles. The average molecular weight is 334 g/mol. The van der Waals surface area contributed by atoms with Gasteiger partial charge in [0.15, 0.2) is 11.6 Å². The first-order chi connectivity index (χ1) is 9.66. The van der Waals surface area contributed by atoms with Crippen LogP contribution in [0.1, 0.15) is 0 Å². The largest absolute Gasteiger partial charge is 0.380 e. The summed E-state index contributed by atoms with van der Waals surface area (Å²) in [6.07, 6.45) is 1.63. The smallest absolute Gasteiger partial charge is 0.181 e. The molecule has 0 aliphatic rings. The third-order valence-electron chi connectivity index (χ3n) is 2.81. The highest BCUT2D eigenvalue weighted by atomic mass is 79.9. The SMILES string of the molecule is Nc1noc(-c2cc(Br)ccc2F)c1-c1ccccn1. The number of nitrogen functional groups attached to an aromatic ring is 1. The van der Waals surface area contributed by atoms with Crippen molar-refractivity contribution in [1.29, 1.82) is 0 Å². The van der Waals surface area contributed by atoms with Crippen molar-refractivity contribution in [2.45, 2.75) is 0 Å². The van der Waals surface area contributed by atoms with Crippen LogP contribution in [0, 0.1) is 5.82 Å². The first-order valence-corrected chi connectivity index (χ1v) is 6.58. The molecule has 0 aliphatic heterocycles. The van der Waals surface area contributed by atoms with E-state index in [1.165, 1.54) is 6.07 Å². The van der Waals surface area contributed by atoms with Crippen LogP contribution in [0.2, 0.25) is 0 Å². The Morgan fingerprint density at radius 3 is 2.80 bits per heavy atom. The minimum atomic E-state index is -0.415. The Morgan fingerprint density at radius 1 is 1.20 bits per heavy atom. The standard InChI is InChI=1S/C14H9BrFN3O/c15-8-4-5-10(16)9(7-8)13-12(14(17)19-20-13)11-3-1-2-6-18-11/h1-7H,(H2,17,19). The van der Waals surface area contributed by atoms with Gasteiger partial charge in [-0.25, -0.2) is 4.39 Å². The molecule has 0 saturated heterocycles. The quantitative estimate of drug-likeness (QED) is 0.772. The van der Waals surface area contributed by atoms with Crippen LogP contribution >= 0.6 is 15.9 Å². The zero-order valence-electron chi connectivity index (χ0n) is 10.2. The van der Waals surface area contributed by atoms with Crippen molar-refractivity contribution < 1.29 is 8.91 Å². The minimum absolute atomic E-state index is 0.179. The molecule has 0 bridgehead atoms. The monoisotopic (exact) mass is 333 g/mol. The van der Waals surface area contributed by atoms with Crippen molar-refractivity contribution in [2.24, 2.45) is 0 Å². The molecule has 0 spiro atoms. The summed E-state index contributed by atoms with van der Waals surface area (Å²) >= 11 is 3.31. The number of hydrogen-bond donors (Lipinski definition) is 1. The van der Waals surface area contributed by atoms with Gasteiger partial charge in [-0.15, -0.1) is 0 Å². The van der Waals surface area contributed by atoms with E-state index in [1.807, 2.05) is 6.07 Å². The highest BCUT2D eigenvalue weighted by Crippen LogP contribution is 2.37. The van der Waals surface area contributed by atoms with E-state index in [0.29, 0.717) is 11.3 Å². The number of halogens is 2. The van der Waals surface area contributed by atoms with Gasteiger partial charge in [0.1, 0.15) is 5.82 Å². The number of rotatable bonds is 2. The Morgan fingerprint density at radius 2 is 2.05 bits per heavy atom. The molecular formula is C14H9BrFN3O. The zero-order chi connectivity index (χ0) is 14.1. The molecule has 2 aromatic heterocycles. The van der Waals surface area contributed by atoms with Gasteiger partial charge >= 0.3 is 0 Å². The van der Waals surface area contributed by atoms with E-state index in [2.05, 4.69) is 26.1 Å². The van der Waals surface area contributed by atoms with Crippen LogP contribution in [0.5, 0.6) is 0 Å². The molecule has 3 aromatic rings. The lowest BCUT2D eigenvalue weighted by atomic mass is 10.1. The van der Waals surface area contributed by atoms with Gasteiger partial charge in [0.2, 0.25) is 0 Å². The van der Waals surface area contributed by atoms with E-state index in [4.69, 9.17) is 10.3 Å². The average Bonchev–Trinajstić information content (AvgIpc) is 2.84. The van der Waals surface area contributed by atoms with Gasteiger partial charge in [-0.2, -0.15) is 0 Å². The Hall–Kier alpha value is -2.21. The van der Waals surface area contributed by atoms with Gasteiger partial charge in [-0.05, 0) is 30.3 Å². The lowest BCUT2D eigenvalue weighted by Crippen LogP contribution is -1.91. The van der Waals surface area contributed by atoms with E-state index in [9.17, 15) is 4.39 Å². The first kappa shape index (κ1) is 12.8. The van der Waals surface area contributed by atoms with Gasteiger partial charge in [0, 0.05) is 10.7 Å². The van der Waals surface area contributed by atoms with Crippen LogP contribution in [-0.2, 0) is 0 Å². The molecule has 20 heavy (non-hydrogen) atoms. The maximum atomic E-state index is 14.0. The molecular weight excluding hydrogens is 325 g/mol. The number of pyridine rings is 1.